The smallest absolute Gasteiger partial charge is 0.293 e. The lowest BCUT2D eigenvalue weighted by Gasteiger charge is -2.35. The highest BCUT2D eigenvalue weighted by atomic mass is 32.2. The van der Waals surface area contributed by atoms with Crippen LogP contribution in [0, 0.1) is 10.1 Å². The molecule has 0 heterocycles. The van der Waals surface area contributed by atoms with Gasteiger partial charge in [-0.15, -0.1) is 11.8 Å². The van der Waals surface area contributed by atoms with E-state index in [2.05, 4.69) is 17.3 Å². The van der Waals surface area contributed by atoms with Crippen molar-refractivity contribution in [2.45, 2.75) is 47.6 Å². The van der Waals surface area contributed by atoms with Crippen molar-refractivity contribution in [3.8, 4) is 0 Å². The summed E-state index contributed by atoms with van der Waals surface area (Å²) in [5, 5.41) is 20.0. The third-order valence-corrected chi connectivity index (χ3v) is 7.66. The summed E-state index contributed by atoms with van der Waals surface area (Å²) in [4.78, 5) is 14.2. The van der Waals surface area contributed by atoms with Crippen molar-refractivity contribution in [1.29, 1.82) is 0 Å². The molecular formula is C21H28N4O4S2. The second-order valence-electron chi connectivity index (χ2n) is 7.80. The van der Waals surface area contributed by atoms with Gasteiger partial charge in [-0.1, -0.05) is 24.6 Å². The summed E-state index contributed by atoms with van der Waals surface area (Å²) in [6.07, 6.45) is 4.51. The number of benzene rings is 2. The number of nitro groups is 1. The summed E-state index contributed by atoms with van der Waals surface area (Å²) in [5.41, 5.74) is -0.00376. The average Bonchev–Trinajstić information content (AvgIpc) is 2.68. The van der Waals surface area contributed by atoms with Gasteiger partial charge in [0.2, 0.25) is 10.0 Å². The fraction of sp³-hybridized carbons (Fsp3) is 0.429. The Labute approximate surface area is 187 Å². The summed E-state index contributed by atoms with van der Waals surface area (Å²) in [5.74, 6) is 0.719. The molecular weight excluding hydrogens is 436 g/mol. The van der Waals surface area contributed by atoms with Crippen LogP contribution in [-0.2, 0) is 10.0 Å². The molecule has 1 atom stereocenters. The van der Waals surface area contributed by atoms with Crippen LogP contribution in [-0.4, -0.2) is 49.7 Å². The normalized spacial score (nSPS) is 15.5. The number of nitro benzene ring substituents is 1. The number of thioether (sulfide) groups is 1. The molecule has 0 amide bonds. The SMILES string of the molecule is CN(CC[C@H](CSc1ccccc1)Nc1ccc(S(N)(=O)=O)cc1[N+](=O)[O-])C1CCC1. The Morgan fingerprint density at radius 1 is 1.26 bits per heavy atom. The number of hydrogen-bond donors (Lipinski definition) is 2. The first-order valence-corrected chi connectivity index (χ1v) is 12.7. The Morgan fingerprint density at radius 3 is 2.55 bits per heavy atom. The van der Waals surface area contributed by atoms with Crippen LogP contribution >= 0.6 is 11.8 Å². The summed E-state index contributed by atoms with van der Waals surface area (Å²) in [6.45, 7) is 0.876. The van der Waals surface area contributed by atoms with E-state index < -0.39 is 14.9 Å². The highest BCUT2D eigenvalue weighted by Crippen LogP contribution is 2.30. The third kappa shape index (κ3) is 6.67. The molecule has 0 aromatic heterocycles. The first-order chi connectivity index (χ1) is 14.7. The molecule has 2 aromatic rings. The van der Waals surface area contributed by atoms with E-state index in [1.807, 2.05) is 30.3 Å². The molecule has 168 valence electrons. The number of hydrogen-bond acceptors (Lipinski definition) is 7. The number of anilines is 1. The van der Waals surface area contributed by atoms with Gasteiger partial charge in [0, 0.05) is 35.3 Å². The fourth-order valence-electron chi connectivity index (χ4n) is 3.46. The van der Waals surface area contributed by atoms with Crippen LogP contribution in [0.5, 0.6) is 0 Å². The number of primary sulfonamides is 1. The van der Waals surface area contributed by atoms with Crippen LogP contribution < -0.4 is 10.5 Å². The lowest BCUT2D eigenvalue weighted by atomic mass is 9.92. The van der Waals surface area contributed by atoms with Gasteiger partial charge in [0.1, 0.15) is 5.69 Å². The van der Waals surface area contributed by atoms with Gasteiger partial charge in [-0.25, -0.2) is 13.6 Å². The topological polar surface area (TPSA) is 119 Å². The van der Waals surface area contributed by atoms with Gasteiger partial charge in [0.25, 0.3) is 5.69 Å². The molecule has 3 rings (SSSR count). The highest BCUT2D eigenvalue weighted by Gasteiger charge is 2.24. The Kier molecular flexibility index (Phi) is 7.93. The molecule has 1 saturated carbocycles. The zero-order chi connectivity index (χ0) is 22.4. The van der Waals surface area contributed by atoms with Crippen LogP contribution in [0.15, 0.2) is 58.3 Å². The molecule has 0 bridgehead atoms. The molecule has 8 nitrogen and oxygen atoms in total. The zero-order valence-electron chi connectivity index (χ0n) is 17.4. The molecule has 31 heavy (non-hydrogen) atoms. The summed E-state index contributed by atoms with van der Waals surface area (Å²) in [7, 11) is -1.90. The first kappa shape index (κ1) is 23.5. The van der Waals surface area contributed by atoms with Crippen molar-refractivity contribution < 1.29 is 13.3 Å². The van der Waals surface area contributed by atoms with E-state index in [4.69, 9.17) is 5.14 Å². The largest absolute Gasteiger partial charge is 0.376 e. The number of rotatable bonds is 11. The van der Waals surface area contributed by atoms with Gasteiger partial charge < -0.3 is 10.2 Å². The number of nitrogens with zero attached hydrogens (tertiary/aromatic N) is 2. The highest BCUT2D eigenvalue weighted by molar-refractivity contribution is 7.99. The van der Waals surface area contributed by atoms with Crippen molar-refractivity contribution >= 4 is 33.2 Å². The van der Waals surface area contributed by atoms with Crippen molar-refractivity contribution in [2.24, 2.45) is 5.14 Å². The zero-order valence-corrected chi connectivity index (χ0v) is 19.1. The molecule has 0 spiro atoms. The van der Waals surface area contributed by atoms with E-state index in [1.165, 1.54) is 31.4 Å². The lowest BCUT2D eigenvalue weighted by molar-refractivity contribution is -0.384. The second kappa shape index (κ2) is 10.4. The minimum atomic E-state index is -4.02. The van der Waals surface area contributed by atoms with E-state index in [1.54, 1.807) is 11.8 Å². The van der Waals surface area contributed by atoms with Crippen LogP contribution in [0.4, 0.5) is 11.4 Å². The van der Waals surface area contributed by atoms with Crippen LogP contribution in [0.25, 0.3) is 0 Å². The fourth-order valence-corrected chi connectivity index (χ4v) is 4.99. The van der Waals surface area contributed by atoms with Gasteiger partial charge in [-0.05, 0) is 50.6 Å². The Morgan fingerprint density at radius 2 is 1.97 bits per heavy atom. The maximum Gasteiger partial charge on any atom is 0.293 e. The first-order valence-electron chi connectivity index (χ1n) is 10.2. The lowest BCUT2D eigenvalue weighted by Crippen LogP contribution is -2.39. The molecule has 1 aliphatic rings. The minimum Gasteiger partial charge on any atom is -0.376 e. The van der Waals surface area contributed by atoms with Crippen molar-refractivity contribution in [3.63, 3.8) is 0 Å². The van der Waals surface area contributed by atoms with Gasteiger partial charge in [-0.3, -0.25) is 10.1 Å². The van der Waals surface area contributed by atoms with Crippen LogP contribution in [0.3, 0.4) is 0 Å². The Balaban J connectivity index is 1.76. The third-order valence-electron chi connectivity index (χ3n) is 5.58. The van der Waals surface area contributed by atoms with Crippen molar-refractivity contribution in [2.75, 3.05) is 24.7 Å². The predicted molar refractivity (Wildman–Crippen MR) is 124 cm³/mol. The van der Waals surface area contributed by atoms with Crippen LogP contribution in [0.1, 0.15) is 25.7 Å². The molecule has 0 saturated heterocycles. The number of nitrogens with two attached hydrogens (primary N) is 1. The molecule has 0 radical (unpaired) electrons. The maximum atomic E-state index is 11.6. The van der Waals surface area contributed by atoms with Crippen molar-refractivity contribution in [1.82, 2.24) is 4.90 Å². The maximum absolute atomic E-state index is 11.6. The molecule has 10 heteroatoms. The monoisotopic (exact) mass is 464 g/mol. The average molecular weight is 465 g/mol. The number of sulfonamides is 1. The molecule has 3 N–H and O–H groups in total. The molecule has 0 aliphatic heterocycles. The van der Waals surface area contributed by atoms with Crippen LogP contribution in [0.2, 0.25) is 0 Å². The molecule has 0 unspecified atom stereocenters. The minimum absolute atomic E-state index is 0.0354. The molecule has 2 aromatic carbocycles. The second-order valence-corrected chi connectivity index (χ2v) is 10.5. The van der Waals surface area contributed by atoms with E-state index in [0.29, 0.717) is 11.7 Å². The van der Waals surface area contributed by atoms with Gasteiger partial charge in [0.15, 0.2) is 0 Å². The molecule has 1 aliphatic carbocycles. The predicted octanol–water partition coefficient (Wildman–Crippen LogP) is 3.69. The summed E-state index contributed by atoms with van der Waals surface area (Å²) < 4.78 is 23.2. The summed E-state index contributed by atoms with van der Waals surface area (Å²) >= 11 is 1.68. The Hall–Kier alpha value is -2.14. The van der Waals surface area contributed by atoms with E-state index in [-0.39, 0.29) is 16.6 Å². The quantitative estimate of drug-likeness (QED) is 0.296. The van der Waals surface area contributed by atoms with Gasteiger partial charge >= 0.3 is 0 Å². The Bertz CT molecular complexity index is 998. The standard InChI is InChI=1S/C21H28N4O4S2/c1-24(17-6-5-7-17)13-12-16(15-30-18-8-3-2-4-9-18)23-20-11-10-19(31(22,28)29)14-21(20)25(26)27/h2-4,8-11,14,16-17,23H,5-7,12-13,15H2,1H3,(H2,22,28,29)/t16-/m1/s1. The van der Waals surface area contributed by atoms with E-state index >= 15 is 0 Å². The van der Waals surface area contributed by atoms with E-state index in [9.17, 15) is 18.5 Å². The van der Waals surface area contributed by atoms with Gasteiger partial charge in [0.05, 0.1) is 9.82 Å². The summed E-state index contributed by atoms with van der Waals surface area (Å²) in [6, 6.07) is 14.3. The number of nitrogens with one attached hydrogen (secondary N) is 1. The van der Waals surface area contributed by atoms with E-state index in [0.717, 1.165) is 29.7 Å². The van der Waals surface area contributed by atoms with Crippen molar-refractivity contribution in [3.05, 3.63) is 58.6 Å². The van der Waals surface area contributed by atoms with Gasteiger partial charge in [-0.2, -0.15) is 0 Å². The molecule has 1 fully saturated rings.